The largest absolute Gasteiger partial charge is 0.481 e. The third kappa shape index (κ3) is 3.24. The summed E-state index contributed by atoms with van der Waals surface area (Å²) in [7, 11) is 0. The first-order valence-corrected chi connectivity index (χ1v) is 6.57. The fourth-order valence-corrected chi connectivity index (χ4v) is 2.08. The molecular formula is C11H9ClN2O3S. The monoisotopic (exact) mass is 284 g/mol. The maximum Gasteiger partial charge on any atom is 0.313 e. The Labute approximate surface area is 112 Å². The lowest BCUT2D eigenvalue weighted by atomic mass is 10.2. The lowest BCUT2D eigenvalue weighted by Crippen LogP contribution is -1.98. The van der Waals surface area contributed by atoms with Crippen LogP contribution in [-0.4, -0.2) is 27.0 Å². The van der Waals surface area contributed by atoms with Crippen LogP contribution in [-0.2, 0) is 10.5 Å². The average molecular weight is 285 g/mol. The molecule has 1 N–H and O–H groups in total. The smallest absolute Gasteiger partial charge is 0.313 e. The quantitative estimate of drug-likeness (QED) is 0.910. The van der Waals surface area contributed by atoms with Crippen LogP contribution in [0.5, 0.6) is 0 Å². The third-order valence-corrected chi connectivity index (χ3v) is 3.27. The molecule has 0 bridgehead atoms. The van der Waals surface area contributed by atoms with E-state index in [2.05, 4.69) is 10.1 Å². The predicted octanol–water partition coefficient (Wildman–Crippen LogP) is 2.71. The van der Waals surface area contributed by atoms with E-state index >= 15 is 0 Å². The van der Waals surface area contributed by atoms with Crippen LogP contribution in [0.15, 0.2) is 28.8 Å². The summed E-state index contributed by atoms with van der Waals surface area (Å²) < 4.78 is 5.08. The van der Waals surface area contributed by atoms with Crippen molar-refractivity contribution in [2.24, 2.45) is 0 Å². The van der Waals surface area contributed by atoms with Crippen LogP contribution < -0.4 is 0 Å². The molecule has 0 saturated carbocycles. The number of nitrogens with zero attached hydrogens (tertiary/aromatic N) is 2. The highest BCUT2D eigenvalue weighted by atomic mass is 35.5. The Bertz CT molecular complexity index is 559. The highest BCUT2D eigenvalue weighted by Gasteiger charge is 2.11. The van der Waals surface area contributed by atoms with Crippen molar-refractivity contribution in [2.75, 3.05) is 5.75 Å². The van der Waals surface area contributed by atoms with Gasteiger partial charge in [-0.05, 0) is 12.1 Å². The van der Waals surface area contributed by atoms with Gasteiger partial charge in [0.05, 0.1) is 22.1 Å². The van der Waals surface area contributed by atoms with Crippen LogP contribution in [0.4, 0.5) is 0 Å². The second-order valence-corrected chi connectivity index (χ2v) is 4.77. The first-order chi connectivity index (χ1) is 8.66. The molecule has 0 aliphatic heterocycles. The number of aromatic nitrogens is 2. The van der Waals surface area contributed by atoms with Crippen molar-refractivity contribution in [3.63, 3.8) is 0 Å². The molecule has 0 unspecified atom stereocenters. The van der Waals surface area contributed by atoms with E-state index in [0.717, 1.165) is 0 Å². The molecule has 94 valence electrons. The molecular weight excluding hydrogens is 276 g/mol. The number of carboxylic acids is 1. The number of hydrogen-bond donors (Lipinski definition) is 1. The molecule has 0 atom stereocenters. The number of hydrogen-bond acceptors (Lipinski definition) is 5. The van der Waals surface area contributed by atoms with Gasteiger partial charge in [0.15, 0.2) is 5.82 Å². The molecule has 5 nitrogen and oxygen atoms in total. The average Bonchev–Trinajstić information content (AvgIpc) is 2.78. The van der Waals surface area contributed by atoms with Gasteiger partial charge in [0.25, 0.3) is 5.89 Å². The number of rotatable bonds is 5. The minimum Gasteiger partial charge on any atom is -0.481 e. The van der Waals surface area contributed by atoms with Gasteiger partial charge >= 0.3 is 5.97 Å². The first kappa shape index (κ1) is 12.9. The van der Waals surface area contributed by atoms with Gasteiger partial charge in [0.2, 0.25) is 0 Å². The number of aliphatic carboxylic acids is 1. The maximum atomic E-state index is 10.4. The highest BCUT2D eigenvalue weighted by molar-refractivity contribution is 7.99. The molecule has 0 radical (unpaired) electrons. The molecule has 0 aliphatic carbocycles. The Morgan fingerprint density at radius 2 is 2.22 bits per heavy atom. The maximum absolute atomic E-state index is 10.4. The van der Waals surface area contributed by atoms with Crippen molar-refractivity contribution in [3.05, 3.63) is 35.1 Å². The summed E-state index contributed by atoms with van der Waals surface area (Å²) >= 11 is 7.21. The van der Waals surface area contributed by atoms with Gasteiger partial charge in [-0.1, -0.05) is 28.9 Å². The zero-order valence-corrected chi connectivity index (χ0v) is 10.7. The van der Waals surface area contributed by atoms with Crippen molar-refractivity contribution in [1.82, 2.24) is 10.1 Å². The van der Waals surface area contributed by atoms with Gasteiger partial charge in [-0.2, -0.15) is 4.98 Å². The number of carbonyl (C=O) groups is 1. The normalized spacial score (nSPS) is 10.5. The molecule has 2 aromatic rings. The van der Waals surface area contributed by atoms with Gasteiger partial charge in [0, 0.05) is 0 Å². The molecule has 1 aromatic carbocycles. The zero-order valence-electron chi connectivity index (χ0n) is 9.17. The van der Waals surface area contributed by atoms with Crippen LogP contribution >= 0.6 is 23.4 Å². The summed E-state index contributed by atoms with van der Waals surface area (Å²) in [4.78, 5) is 14.5. The molecule has 1 heterocycles. The van der Waals surface area contributed by atoms with Crippen LogP contribution in [0, 0.1) is 0 Å². The topological polar surface area (TPSA) is 76.2 Å². The van der Waals surface area contributed by atoms with Gasteiger partial charge in [-0.25, -0.2) is 0 Å². The number of thioether (sulfide) groups is 1. The fourth-order valence-electron chi connectivity index (χ4n) is 1.29. The predicted molar refractivity (Wildman–Crippen MR) is 68.5 cm³/mol. The molecule has 18 heavy (non-hydrogen) atoms. The van der Waals surface area contributed by atoms with Crippen molar-refractivity contribution in [3.8, 4) is 11.5 Å². The van der Waals surface area contributed by atoms with Gasteiger partial charge < -0.3 is 9.63 Å². The summed E-state index contributed by atoms with van der Waals surface area (Å²) in [6.45, 7) is 0. The van der Waals surface area contributed by atoms with Crippen LogP contribution in [0.3, 0.4) is 0 Å². The Balaban J connectivity index is 2.06. The molecule has 0 spiro atoms. The molecule has 0 amide bonds. The summed E-state index contributed by atoms with van der Waals surface area (Å²) in [6.07, 6.45) is 0. The third-order valence-electron chi connectivity index (χ3n) is 2.03. The van der Waals surface area contributed by atoms with E-state index in [4.69, 9.17) is 21.2 Å². The Morgan fingerprint density at radius 3 is 2.94 bits per heavy atom. The first-order valence-electron chi connectivity index (χ1n) is 5.04. The SMILES string of the molecule is O=C(O)CSCc1noc(-c2ccccc2Cl)n1. The second-order valence-electron chi connectivity index (χ2n) is 3.38. The van der Waals surface area contributed by atoms with E-state index in [-0.39, 0.29) is 5.75 Å². The van der Waals surface area contributed by atoms with Crippen LogP contribution in [0.2, 0.25) is 5.02 Å². The molecule has 0 fully saturated rings. The molecule has 0 saturated heterocycles. The van der Waals surface area contributed by atoms with E-state index in [1.165, 1.54) is 11.8 Å². The van der Waals surface area contributed by atoms with E-state index < -0.39 is 5.97 Å². The zero-order chi connectivity index (χ0) is 13.0. The number of carboxylic acid groups (broad SMARTS) is 1. The van der Waals surface area contributed by atoms with Gasteiger partial charge in [0.1, 0.15) is 0 Å². The minimum absolute atomic E-state index is 0.00989. The molecule has 2 rings (SSSR count). The Morgan fingerprint density at radius 1 is 1.44 bits per heavy atom. The number of halogens is 1. The van der Waals surface area contributed by atoms with E-state index in [9.17, 15) is 4.79 Å². The van der Waals surface area contributed by atoms with E-state index in [1.807, 2.05) is 12.1 Å². The molecule has 0 aliphatic rings. The molecule has 1 aromatic heterocycles. The Hall–Kier alpha value is -1.53. The van der Waals surface area contributed by atoms with Crippen molar-refractivity contribution < 1.29 is 14.4 Å². The summed E-state index contributed by atoms with van der Waals surface area (Å²) in [6, 6.07) is 7.15. The Kier molecular flexibility index (Phi) is 4.22. The van der Waals surface area contributed by atoms with Crippen LogP contribution in [0.1, 0.15) is 5.82 Å². The van der Waals surface area contributed by atoms with Crippen molar-refractivity contribution in [1.29, 1.82) is 0 Å². The summed E-state index contributed by atoms with van der Waals surface area (Å²) in [5.74, 6) is 0.327. The highest BCUT2D eigenvalue weighted by Crippen LogP contribution is 2.26. The van der Waals surface area contributed by atoms with Crippen molar-refractivity contribution in [2.45, 2.75) is 5.75 Å². The van der Waals surface area contributed by atoms with Gasteiger partial charge in [-0.3, -0.25) is 4.79 Å². The minimum atomic E-state index is -0.866. The van der Waals surface area contributed by atoms with Crippen molar-refractivity contribution >= 4 is 29.3 Å². The summed E-state index contributed by atoms with van der Waals surface area (Å²) in [5, 5.41) is 12.8. The lowest BCUT2D eigenvalue weighted by Gasteiger charge is -1.95. The summed E-state index contributed by atoms with van der Waals surface area (Å²) in [5.41, 5.74) is 0.668. The lowest BCUT2D eigenvalue weighted by molar-refractivity contribution is -0.133. The number of benzene rings is 1. The van der Waals surface area contributed by atoms with Gasteiger partial charge in [-0.15, -0.1) is 11.8 Å². The van der Waals surface area contributed by atoms with E-state index in [0.29, 0.717) is 28.1 Å². The van der Waals surface area contributed by atoms with Crippen LogP contribution in [0.25, 0.3) is 11.5 Å². The second kappa shape index (κ2) is 5.88. The van der Waals surface area contributed by atoms with E-state index in [1.54, 1.807) is 12.1 Å². The standard InChI is InChI=1S/C11H9ClN2O3S/c12-8-4-2-1-3-7(8)11-13-9(14-17-11)5-18-6-10(15)16/h1-4H,5-6H2,(H,15,16). The fraction of sp³-hybridized carbons (Fsp3) is 0.182. The molecule has 7 heteroatoms.